The number of fused-ring (bicyclic) bond motifs is 1. The Bertz CT molecular complexity index is 733. The van der Waals surface area contributed by atoms with Gasteiger partial charge in [0.2, 0.25) is 5.91 Å². The second-order valence-corrected chi connectivity index (χ2v) is 6.28. The number of nitriles is 1. The Hall–Kier alpha value is -2.30. The smallest absolute Gasteiger partial charge is 0.353 e. The molecule has 1 amide bonds. The van der Waals surface area contributed by atoms with E-state index in [4.69, 9.17) is 5.26 Å². The zero-order valence-electron chi connectivity index (χ0n) is 11.6. The SMILES string of the molecule is C[C@@H](O)[C@H]1C(=O)N2C(C(=O)O)=C(c3ccc(C#N)cc3)S[C@H]12. The van der Waals surface area contributed by atoms with Crippen LogP contribution in [0, 0.1) is 17.2 Å². The van der Waals surface area contributed by atoms with Gasteiger partial charge in [0.25, 0.3) is 0 Å². The van der Waals surface area contributed by atoms with Crippen LogP contribution in [0.25, 0.3) is 4.91 Å². The number of carboxylic acid groups (broad SMARTS) is 1. The van der Waals surface area contributed by atoms with Crippen LogP contribution in [0.15, 0.2) is 30.0 Å². The summed E-state index contributed by atoms with van der Waals surface area (Å²) in [6, 6.07) is 8.54. The molecular weight excluding hydrogens is 304 g/mol. The van der Waals surface area contributed by atoms with Gasteiger partial charge in [-0.1, -0.05) is 23.9 Å². The van der Waals surface area contributed by atoms with Gasteiger partial charge < -0.3 is 10.2 Å². The van der Waals surface area contributed by atoms with E-state index in [2.05, 4.69) is 0 Å². The number of carboxylic acids is 1. The van der Waals surface area contributed by atoms with Crippen molar-refractivity contribution in [3.8, 4) is 6.07 Å². The molecule has 2 aliphatic heterocycles. The number of aliphatic hydroxyl groups is 1. The van der Waals surface area contributed by atoms with E-state index in [0.717, 1.165) is 0 Å². The fraction of sp³-hybridized carbons (Fsp3) is 0.267. The molecule has 2 aliphatic rings. The second kappa shape index (κ2) is 5.16. The van der Waals surface area contributed by atoms with E-state index < -0.39 is 18.0 Å². The number of benzene rings is 1. The van der Waals surface area contributed by atoms with E-state index in [1.807, 2.05) is 6.07 Å². The van der Waals surface area contributed by atoms with Crippen LogP contribution in [-0.2, 0) is 9.59 Å². The maximum atomic E-state index is 12.1. The van der Waals surface area contributed by atoms with E-state index in [0.29, 0.717) is 16.0 Å². The molecule has 3 rings (SSSR count). The molecule has 1 fully saturated rings. The number of β-lactam (4-membered cyclic amide) rings is 1. The summed E-state index contributed by atoms with van der Waals surface area (Å²) in [4.78, 5) is 25.3. The highest BCUT2D eigenvalue weighted by atomic mass is 32.2. The number of rotatable bonds is 3. The van der Waals surface area contributed by atoms with E-state index in [1.54, 1.807) is 24.3 Å². The molecule has 6 nitrogen and oxygen atoms in total. The number of nitrogens with zero attached hydrogens (tertiary/aromatic N) is 2. The molecule has 0 radical (unpaired) electrons. The minimum Gasteiger partial charge on any atom is -0.477 e. The van der Waals surface area contributed by atoms with Gasteiger partial charge in [0, 0.05) is 4.91 Å². The molecule has 3 atom stereocenters. The van der Waals surface area contributed by atoms with Crippen LogP contribution in [0.5, 0.6) is 0 Å². The number of thioether (sulfide) groups is 1. The number of hydrogen-bond donors (Lipinski definition) is 2. The van der Waals surface area contributed by atoms with Crippen molar-refractivity contribution in [2.75, 3.05) is 0 Å². The van der Waals surface area contributed by atoms with Gasteiger partial charge >= 0.3 is 5.97 Å². The lowest BCUT2D eigenvalue weighted by Crippen LogP contribution is -2.60. The quantitative estimate of drug-likeness (QED) is 0.813. The van der Waals surface area contributed by atoms with Crippen molar-refractivity contribution in [1.29, 1.82) is 5.26 Å². The number of aliphatic hydroxyl groups excluding tert-OH is 1. The third-order valence-corrected chi connectivity index (χ3v) is 5.19. The van der Waals surface area contributed by atoms with Crippen molar-refractivity contribution in [3.05, 3.63) is 41.1 Å². The summed E-state index contributed by atoms with van der Waals surface area (Å²) in [6.45, 7) is 1.53. The standard InChI is InChI=1S/C15H12N2O4S/c1-7(18)10-13(19)17-11(15(20)21)12(22-14(10)17)9-4-2-8(6-16)3-5-9/h2-5,7,10,14,18H,1H3,(H,20,21)/t7-,10+,14-/m1/s1. The summed E-state index contributed by atoms with van der Waals surface area (Å²) in [5, 5.41) is 27.5. The van der Waals surface area contributed by atoms with Crippen LogP contribution in [0.4, 0.5) is 0 Å². The van der Waals surface area contributed by atoms with Gasteiger partial charge in [-0.2, -0.15) is 5.26 Å². The maximum Gasteiger partial charge on any atom is 0.353 e. The number of carbonyl (C=O) groups is 2. The Morgan fingerprint density at radius 2 is 2.05 bits per heavy atom. The lowest BCUT2D eigenvalue weighted by molar-refractivity contribution is -0.156. The second-order valence-electron chi connectivity index (χ2n) is 5.16. The lowest BCUT2D eigenvalue weighted by Gasteiger charge is -2.43. The fourth-order valence-electron chi connectivity index (χ4n) is 2.68. The highest BCUT2D eigenvalue weighted by Crippen LogP contribution is 2.53. The number of carbonyl (C=O) groups excluding carboxylic acids is 1. The molecule has 0 unspecified atom stereocenters. The largest absolute Gasteiger partial charge is 0.477 e. The molecule has 1 aromatic carbocycles. The summed E-state index contributed by atoms with van der Waals surface area (Å²) >= 11 is 1.26. The molecule has 7 heteroatoms. The Labute approximate surface area is 130 Å². The van der Waals surface area contributed by atoms with Crippen LogP contribution in [0.1, 0.15) is 18.1 Å². The molecule has 0 aromatic heterocycles. The van der Waals surface area contributed by atoms with Crippen LogP contribution in [0.2, 0.25) is 0 Å². The molecular formula is C15H12N2O4S. The number of hydrogen-bond acceptors (Lipinski definition) is 5. The first-order valence-corrected chi connectivity index (χ1v) is 7.49. The molecule has 22 heavy (non-hydrogen) atoms. The van der Waals surface area contributed by atoms with Gasteiger partial charge in [0.15, 0.2) is 0 Å². The van der Waals surface area contributed by atoms with Crippen molar-refractivity contribution in [2.24, 2.45) is 5.92 Å². The van der Waals surface area contributed by atoms with Crippen molar-refractivity contribution in [2.45, 2.75) is 18.4 Å². The first-order chi connectivity index (χ1) is 10.5. The molecule has 0 aliphatic carbocycles. The summed E-state index contributed by atoms with van der Waals surface area (Å²) in [7, 11) is 0. The highest BCUT2D eigenvalue weighted by Gasteiger charge is 2.57. The van der Waals surface area contributed by atoms with Gasteiger partial charge in [0.05, 0.1) is 23.7 Å². The van der Waals surface area contributed by atoms with Gasteiger partial charge in [-0.3, -0.25) is 9.69 Å². The molecule has 2 N–H and O–H groups in total. The van der Waals surface area contributed by atoms with E-state index >= 15 is 0 Å². The Morgan fingerprint density at radius 3 is 2.55 bits per heavy atom. The third-order valence-electron chi connectivity index (χ3n) is 3.78. The summed E-state index contributed by atoms with van der Waals surface area (Å²) in [5.74, 6) is -2.13. The highest BCUT2D eigenvalue weighted by molar-refractivity contribution is 8.09. The Morgan fingerprint density at radius 1 is 1.41 bits per heavy atom. The average Bonchev–Trinajstić information content (AvgIpc) is 2.82. The molecule has 1 aromatic rings. The van der Waals surface area contributed by atoms with E-state index in [1.165, 1.54) is 23.6 Å². The van der Waals surface area contributed by atoms with E-state index in [-0.39, 0.29) is 17.0 Å². The van der Waals surface area contributed by atoms with E-state index in [9.17, 15) is 19.8 Å². The minimum atomic E-state index is -1.17. The maximum absolute atomic E-state index is 12.1. The number of amides is 1. The van der Waals surface area contributed by atoms with Crippen LogP contribution >= 0.6 is 11.8 Å². The molecule has 2 heterocycles. The number of aliphatic carboxylic acids is 1. The zero-order chi connectivity index (χ0) is 16.0. The average molecular weight is 316 g/mol. The molecule has 1 saturated heterocycles. The van der Waals surface area contributed by atoms with Crippen LogP contribution in [-0.4, -0.2) is 38.5 Å². The van der Waals surface area contributed by atoms with Crippen molar-refractivity contribution in [1.82, 2.24) is 4.90 Å². The lowest BCUT2D eigenvalue weighted by atomic mass is 9.92. The monoisotopic (exact) mass is 316 g/mol. The van der Waals surface area contributed by atoms with Crippen molar-refractivity contribution < 1.29 is 19.8 Å². The third kappa shape index (κ3) is 2.00. The molecule has 0 saturated carbocycles. The van der Waals surface area contributed by atoms with Crippen LogP contribution in [0.3, 0.4) is 0 Å². The molecule has 112 valence electrons. The van der Waals surface area contributed by atoms with Crippen molar-refractivity contribution in [3.63, 3.8) is 0 Å². The van der Waals surface area contributed by atoms with Crippen molar-refractivity contribution >= 4 is 28.5 Å². The molecule has 0 spiro atoms. The Balaban J connectivity index is 2.01. The molecule has 0 bridgehead atoms. The fourth-order valence-corrected chi connectivity index (χ4v) is 4.30. The topological polar surface area (TPSA) is 102 Å². The van der Waals surface area contributed by atoms with Gasteiger partial charge in [-0.05, 0) is 24.6 Å². The summed E-state index contributed by atoms with van der Waals surface area (Å²) in [6.07, 6.45) is -0.823. The normalized spacial score (nSPS) is 24.6. The summed E-state index contributed by atoms with van der Waals surface area (Å²) in [5.41, 5.74) is 1.07. The van der Waals surface area contributed by atoms with Gasteiger partial charge in [0.1, 0.15) is 11.1 Å². The summed E-state index contributed by atoms with van der Waals surface area (Å²) < 4.78 is 0. The minimum absolute atomic E-state index is 0.0541. The predicted octanol–water partition coefficient (Wildman–Crippen LogP) is 1.22. The first kappa shape index (κ1) is 14.6. The zero-order valence-corrected chi connectivity index (χ0v) is 12.4. The van der Waals surface area contributed by atoms with Crippen LogP contribution < -0.4 is 0 Å². The Kier molecular flexibility index (Phi) is 3.43. The first-order valence-electron chi connectivity index (χ1n) is 6.61. The predicted molar refractivity (Wildman–Crippen MR) is 79.1 cm³/mol. The van der Waals surface area contributed by atoms with Gasteiger partial charge in [-0.25, -0.2) is 4.79 Å². The van der Waals surface area contributed by atoms with Gasteiger partial charge in [-0.15, -0.1) is 0 Å².